The van der Waals surface area contributed by atoms with Gasteiger partial charge in [-0.2, -0.15) is 0 Å². The Morgan fingerprint density at radius 2 is 1.75 bits per heavy atom. The van der Waals surface area contributed by atoms with Crippen molar-refractivity contribution in [2.45, 2.75) is 44.9 Å². The molecular weight excluding hydrogens is 152 g/mol. The van der Waals surface area contributed by atoms with Crippen LogP contribution in [0.2, 0.25) is 0 Å². The molecule has 2 heteroatoms. The first kappa shape index (κ1) is 8.09. The SMILES string of the molecule is [O]C(=O)C12CCCC(CCC1)C2. The van der Waals surface area contributed by atoms with Gasteiger partial charge in [0, 0.05) is 0 Å². The van der Waals surface area contributed by atoms with Crippen molar-refractivity contribution < 1.29 is 9.90 Å². The molecule has 2 aliphatic carbocycles. The van der Waals surface area contributed by atoms with E-state index in [2.05, 4.69) is 0 Å². The molecule has 0 spiro atoms. The molecule has 0 aromatic rings. The Labute approximate surface area is 73.0 Å². The first-order chi connectivity index (χ1) is 5.73. The zero-order valence-corrected chi connectivity index (χ0v) is 7.34. The van der Waals surface area contributed by atoms with Gasteiger partial charge in [-0.25, -0.2) is 9.90 Å². The van der Waals surface area contributed by atoms with Crippen molar-refractivity contribution in [2.75, 3.05) is 0 Å². The highest BCUT2D eigenvalue weighted by atomic mass is 16.4. The van der Waals surface area contributed by atoms with E-state index in [9.17, 15) is 9.90 Å². The molecular formula is C10H15O2. The van der Waals surface area contributed by atoms with Crippen LogP contribution in [0.4, 0.5) is 0 Å². The second-order valence-corrected chi connectivity index (χ2v) is 4.42. The molecule has 2 fully saturated rings. The van der Waals surface area contributed by atoms with Crippen LogP contribution in [-0.4, -0.2) is 5.97 Å². The maximum Gasteiger partial charge on any atom is 0.361 e. The Bertz CT molecular complexity index is 188. The molecule has 2 aliphatic rings. The number of fused-ring (bicyclic) bond motifs is 2. The fraction of sp³-hybridized carbons (Fsp3) is 0.900. The smallest absolute Gasteiger partial charge is 0.247 e. The molecule has 0 heterocycles. The molecule has 12 heavy (non-hydrogen) atoms. The number of carbonyl (C=O) groups excluding carboxylic acids is 1. The summed E-state index contributed by atoms with van der Waals surface area (Å²) in [4.78, 5) is 11.0. The summed E-state index contributed by atoms with van der Waals surface area (Å²) in [5.74, 6) is -0.0997. The highest BCUT2D eigenvalue weighted by Gasteiger charge is 2.45. The number of hydrogen-bond donors (Lipinski definition) is 0. The molecule has 1 radical (unpaired) electrons. The molecule has 2 nitrogen and oxygen atoms in total. The van der Waals surface area contributed by atoms with Crippen LogP contribution in [0.5, 0.6) is 0 Å². The molecule has 0 aromatic carbocycles. The minimum atomic E-state index is -0.785. The summed E-state index contributed by atoms with van der Waals surface area (Å²) in [7, 11) is 0. The van der Waals surface area contributed by atoms with Gasteiger partial charge in [0.1, 0.15) is 0 Å². The van der Waals surface area contributed by atoms with Gasteiger partial charge in [-0.15, -0.1) is 0 Å². The summed E-state index contributed by atoms with van der Waals surface area (Å²) in [5, 5.41) is 11.0. The third kappa shape index (κ3) is 1.13. The van der Waals surface area contributed by atoms with Crippen LogP contribution in [0.25, 0.3) is 0 Å². The van der Waals surface area contributed by atoms with Crippen LogP contribution < -0.4 is 0 Å². The van der Waals surface area contributed by atoms with E-state index in [-0.39, 0.29) is 0 Å². The maximum atomic E-state index is 11.0. The fourth-order valence-electron chi connectivity index (χ4n) is 2.98. The van der Waals surface area contributed by atoms with Gasteiger partial charge in [-0.3, -0.25) is 0 Å². The van der Waals surface area contributed by atoms with Gasteiger partial charge < -0.3 is 0 Å². The Morgan fingerprint density at radius 3 is 2.17 bits per heavy atom. The zero-order chi connectivity index (χ0) is 8.60. The fourth-order valence-corrected chi connectivity index (χ4v) is 2.98. The van der Waals surface area contributed by atoms with Gasteiger partial charge in [-0.1, -0.05) is 25.7 Å². The van der Waals surface area contributed by atoms with Crippen LogP contribution in [0, 0.1) is 11.3 Å². The number of hydrogen-bond acceptors (Lipinski definition) is 1. The predicted octanol–water partition coefficient (Wildman–Crippen LogP) is 2.30. The van der Waals surface area contributed by atoms with Crippen LogP contribution in [-0.2, 0) is 9.90 Å². The lowest BCUT2D eigenvalue weighted by Crippen LogP contribution is -2.38. The lowest BCUT2D eigenvalue weighted by Gasteiger charge is -2.41. The average molecular weight is 167 g/mol. The number of carbonyl (C=O) groups is 1. The highest BCUT2D eigenvalue weighted by molar-refractivity contribution is 5.74. The van der Waals surface area contributed by atoms with Crippen LogP contribution in [0.3, 0.4) is 0 Å². The molecule has 0 atom stereocenters. The van der Waals surface area contributed by atoms with Gasteiger partial charge >= 0.3 is 5.97 Å². The highest BCUT2D eigenvalue weighted by Crippen LogP contribution is 2.48. The maximum absolute atomic E-state index is 11.0. The van der Waals surface area contributed by atoms with E-state index in [1.807, 2.05) is 0 Å². The van der Waals surface area contributed by atoms with E-state index in [0.717, 1.165) is 32.1 Å². The largest absolute Gasteiger partial charge is 0.361 e. The first-order valence-corrected chi connectivity index (χ1v) is 4.94. The topological polar surface area (TPSA) is 37.0 Å². The van der Waals surface area contributed by atoms with Crippen molar-refractivity contribution in [1.29, 1.82) is 0 Å². The minimum Gasteiger partial charge on any atom is -0.247 e. The van der Waals surface area contributed by atoms with E-state index < -0.39 is 11.4 Å². The molecule has 0 N–H and O–H groups in total. The van der Waals surface area contributed by atoms with Crippen molar-refractivity contribution in [1.82, 2.24) is 0 Å². The van der Waals surface area contributed by atoms with Crippen molar-refractivity contribution in [3.63, 3.8) is 0 Å². The molecule has 0 aliphatic heterocycles. The Balaban J connectivity index is 2.17. The summed E-state index contributed by atoms with van der Waals surface area (Å²) in [5.41, 5.74) is -0.416. The summed E-state index contributed by atoms with van der Waals surface area (Å²) in [6, 6.07) is 0. The molecule has 0 saturated heterocycles. The van der Waals surface area contributed by atoms with E-state index in [1.165, 1.54) is 12.8 Å². The quantitative estimate of drug-likeness (QED) is 0.590. The Hall–Kier alpha value is -0.530. The van der Waals surface area contributed by atoms with Gasteiger partial charge in [0.15, 0.2) is 0 Å². The van der Waals surface area contributed by atoms with E-state index in [0.29, 0.717) is 5.92 Å². The lowest BCUT2D eigenvalue weighted by molar-refractivity contribution is -0.161. The summed E-state index contributed by atoms with van der Waals surface area (Å²) >= 11 is 0. The molecule has 2 bridgehead atoms. The van der Waals surface area contributed by atoms with Gasteiger partial charge in [0.05, 0.1) is 5.41 Å². The zero-order valence-electron chi connectivity index (χ0n) is 7.34. The van der Waals surface area contributed by atoms with Crippen molar-refractivity contribution in [3.8, 4) is 0 Å². The lowest BCUT2D eigenvalue weighted by atomic mass is 9.62. The van der Waals surface area contributed by atoms with E-state index in [1.54, 1.807) is 0 Å². The molecule has 67 valence electrons. The number of rotatable bonds is 1. The second kappa shape index (κ2) is 2.75. The van der Waals surface area contributed by atoms with Gasteiger partial charge in [0.25, 0.3) is 0 Å². The molecule has 2 rings (SSSR count). The molecule has 0 aromatic heterocycles. The molecule has 0 unspecified atom stereocenters. The molecule has 0 amide bonds. The Morgan fingerprint density at radius 1 is 1.17 bits per heavy atom. The summed E-state index contributed by atoms with van der Waals surface area (Å²) < 4.78 is 0. The van der Waals surface area contributed by atoms with E-state index in [4.69, 9.17) is 0 Å². The second-order valence-electron chi connectivity index (χ2n) is 4.42. The van der Waals surface area contributed by atoms with Crippen molar-refractivity contribution >= 4 is 5.97 Å². The monoisotopic (exact) mass is 167 g/mol. The minimum absolute atomic E-state index is 0.416. The average Bonchev–Trinajstić information content (AvgIpc) is 2.04. The van der Waals surface area contributed by atoms with Crippen molar-refractivity contribution in [3.05, 3.63) is 0 Å². The third-order valence-electron chi connectivity index (χ3n) is 3.65. The standard InChI is InChI=1S/C10H15O2/c11-9(12)10-5-1-3-8(7-10)4-2-6-10/h8H,1-7H2. The summed E-state index contributed by atoms with van der Waals surface area (Å²) in [6.07, 6.45) is 7.31. The van der Waals surface area contributed by atoms with Gasteiger partial charge in [-0.05, 0) is 25.2 Å². The molecule has 2 saturated carbocycles. The predicted molar refractivity (Wildman–Crippen MR) is 43.9 cm³/mol. The third-order valence-corrected chi connectivity index (χ3v) is 3.65. The van der Waals surface area contributed by atoms with Crippen LogP contribution in [0.15, 0.2) is 0 Å². The van der Waals surface area contributed by atoms with Crippen molar-refractivity contribution in [2.24, 2.45) is 11.3 Å². The summed E-state index contributed by atoms with van der Waals surface area (Å²) in [6.45, 7) is 0. The van der Waals surface area contributed by atoms with Crippen LogP contribution in [0.1, 0.15) is 44.9 Å². The van der Waals surface area contributed by atoms with E-state index >= 15 is 0 Å². The Kier molecular flexibility index (Phi) is 1.85. The normalized spacial score (nSPS) is 40.8. The van der Waals surface area contributed by atoms with Crippen LogP contribution >= 0.6 is 0 Å². The van der Waals surface area contributed by atoms with Gasteiger partial charge in [0.2, 0.25) is 0 Å². The first-order valence-electron chi connectivity index (χ1n) is 4.94.